The number of hydrogen-bond acceptors (Lipinski definition) is 4. The van der Waals surface area contributed by atoms with Crippen LogP contribution in [0, 0.1) is 24.1 Å². The Morgan fingerprint density at radius 1 is 1.38 bits per heavy atom. The summed E-state index contributed by atoms with van der Waals surface area (Å²) < 4.78 is 14.7. The zero-order chi connectivity index (χ0) is 18.9. The Morgan fingerprint density at radius 2 is 2.15 bits per heavy atom. The highest BCUT2D eigenvalue weighted by molar-refractivity contribution is 5.97. The standard InChI is InChI=1S/C19H17FN4O2/c1-12-7-16(5-3-13(12)9-21)23-18(25)19(2,26)11-24-17-6-4-15(20)8-14(17)10-22-24/h3-8,10,26H,11H2,1-2H3,(H,23,25)/t19-/m0/s1. The Morgan fingerprint density at radius 3 is 2.85 bits per heavy atom. The molecule has 1 atom stereocenters. The molecule has 2 N–H and O–H groups in total. The maximum Gasteiger partial charge on any atom is 0.257 e. The minimum Gasteiger partial charge on any atom is -0.378 e. The molecule has 0 unspecified atom stereocenters. The lowest BCUT2D eigenvalue weighted by Crippen LogP contribution is -2.44. The van der Waals surface area contributed by atoms with Gasteiger partial charge in [0.2, 0.25) is 0 Å². The minimum absolute atomic E-state index is 0.0940. The molecule has 3 rings (SSSR count). The van der Waals surface area contributed by atoms with Crippen molar-refractivity contribution in [3.63, 3.8) is 0 Å². The number of rotatable bonds is 4. The zero-order valence-corrected chi connectivity index (χ0v) is 14.3. The highest BCUT2D eigenvalue weighted by Crippen LogP contribution is 2.20. The van der Waals surface area contributed by atoms with Gasteiger partial charge in [0, 0.05) is 11.1 Å². The Balaban J connectivity index is 1.79. The van der Waals surface area contributed by atoms with Crippen LogP contribution in [-0.4, -0.2) is 26.4 Å². The second-order valence-electron chi connectivity index (χ2n) is 6.37. The van der Waals surface area contributed by atoms with Crippen molar-refractivity contribution in [2.75, 3.05) is 5.32 Å². The molecule has 6 nitrogen and oxygen atoms in total. The summed E-state index contributed by atoms with van der Waals surface area (Å²) in [6.45, 7) is 3.06. The monoisotopic (exact) mass is 352 g/mol. The highest BCUT2D eigenvalue weighted by Gasteiger charge is 2.32. The van der Waals surface area contributed by atoms with Gasteiger partial charge in [0.1, 0.15) is 5.82 Å². The summed E-state index contributed by atoms with van der Waals surface area (Å²) in [5.74, 6) is -0.981. The van der Waals surface area contributed by atoms with E-state index in [0.717, 1.165) is 5.56 Å². The highest BCUT2D eigenvalue weighted by atomic mass is 19.1. The predicted molar refractivity (Wildman–Crippen MR) is 94.8 cm³/mol. The Bertz CT molecular complexity index is 1030. The van der Waals surface area contributed by atoms with Crippen molar-refractivity contribution >= 4 is 22.5 Å². The van der Waals surface area contributed by atoms with Gasteiger partial charge in [-0.15, -0.1) is 0 Å². The molecular weight excluding hydrogens is 335 g/mol. The summed E-state index contributed by atoms with van der Waals surface area (Å²) in [6.07, 6.45) is 1.48. The quantitative estimate of drug-likeness (QED) is 0.755. The van der Waals surface area contributed by atoms with E-state index in [2.05, 4.69) is 16.5 Å². The lowest BCUT2D eigenvalue weighted by molar-refractivity contribution is -0.133. The summed E-state index contributed by atoms with van der Waals surface area (Å²) in [4.78, 5) is 12.5. The van der Waals surface area contributed by atoms with Crippen LogP contribution >= 0.6 is 0 Å². The first-order chi connectivity index (χ1) is 12.3. The lowest BCUT2D eigenvalue weighted by atomic mass is 10.0. The van der Waals surface area contributed by atoms with Gasteiger partial charge in [-0.1, -0.05) is 0 Å². The molecule has 0 spiro atoms. The largest absolute Gasteiger partial charge is 0.378 e. The van der Waals surface area contributed by atoms with E-state index in [1.54, 1.807) is 31.2 Å². The minimum atomic E-state index is -1.74. The van der Waals surface area contributed by atoms with Crippen LogP contribution in [0.5, 0.6) is 0 Å². The van der Waals surface area contributed by atoms with E-state index in [-0.39, 0.29) is 12.4 Å². The molecule has 132 valence electrons. The Hall–Kier alpha value is -3.24. The number of nitrogens with one attached hydrogen (secondary N) is 1. The number of halogens is 1. The summed E-state index contributed by atoms with van der Waals surface area (Å²) in [6, 6.07) is 11.1. The number of aliphatic hydroxyl groups is 1. The summed E-state index contributed by atoms with van der Waals surface area (Å²) in [5.41, 5.74) is 0.609. The van der Waals surface area contributed by atoms with Gasteiger partial charge < -0.3 is 10.4 Å². The molecule has 0 bridgehead atoms. The van der Waals surface area contributed by atoms with Gasteiger partial charge in [0.05, 0.1) is 29.9 Å². The fraction of sp³-hybridized carbons (Fsp3) is 0.211. The molecule has 2 aromatic carbocycles. The van der Waals surface area contributed by atoms with Crippen LogP contribution in [0.25, 0.3) is 10.9 Å². The third-order valence-electron chi connectivity index (χ3n) is 4.16. The molecule has 3 aromatic rings. The van der Waals surface area contributed by atoms with Crippen LogP contribution < -0.4 is 5.32 Å². The molecule has 1 heterocycles. The van der Waals surface area contributed by atoms with Crippen molar-refractivity contribution in [2.24, 2.45) is 0 Å². The van der Waals surface area contributed by atoms with Crippen LogP contribution in [0.15, 0.2) is 42.6 Å². The number of amides is 1. The van der Waals surface area contributed by atoms with Crippen molar-refractivity contribution in [1.82, 2.24) is 9.78 Å². The molecule has 26 heavy (non-hydrogen) atoms. The first kappa shape index (κ1) is 17.6. The van der Waals surface area contributed by atoms with Gasteiger partial charge in [0.15, 0.2) is 5.60 Å². The van der Waals surface area contributed by atoms with Crippen molar-refractivity contribution in [3.05, 3.63) is 59.5 Å². The van der Waals surface area contributed by atoms with E-state index in [4.69, 9.17) is 5.26 Å². The molecule has 0 saturated carbocycles. The fourth-order valence-corrected chi connectivity index (χ4v) is 2.68. The zero-order valence-electron chi connectivity index (χ0n) is 14.3. The fourth-order valence-electron chi connectivity index (χ4n) is 2.68. The predicted octanol–water partition coefficient (Wildman–Crippen LogP) is 2.75. The molecule has 0 aliphatic carbocycles. The van der Waals surface area contributed by atoms with E-state index in [0.29, 0.717) is 22.2 Å². The first-order valence-electron chi connectivity index (χ1n) is 7.96. The van der Waals surface area contributed by atoms with Crippen molar-refractivity contribution in [3.8, 4) is 6.07 Å². The normalized spacial score (nSPS) is 13.2. The molecule has 7 heteroatoms. The number of hydrogen-bond donors (Lipinski definition) is 2. The van der Waals surface area contributed by atoms with E-state index in [1.165, 1.54) is 29.9 Å². The number of anilines is 1. The number of benzene rings is 2. The van der Waals surface area contributed by atoms with E-state index in [9.17, 15) is 14.3 Å². The number of carbonyl (C=O) groups is 1. The van der Waals surface area contributed by atoms with Gasteiger partial charge in [-0.3, -0.25) is 9.48 Å². The maximum atomic E-state index is 13.3. The number of aryl methyl sites for hydroxylation is 1. The molecule has 0 radical (unpaired) electrons. The summed E-state index contributed by atoms with van der Waals surface area (Å²) in [5, 5.41) is 26.9. The van der Waals surface area contributed by atoms with Crippen molar-refractivity contribution in [1.29, 1.82) is 5.26 Å². The van der Waals surface area contributed by atoms with Gasteiger partial charge in [-0.05, 0) is 55.8 Å². The number of nitrogens with zero attached hydrogens (tertiary/aromatic N) is 3. The van der Waals surface area contributed by atoms with Gasteiger partial charge in [-0.25, -0.2) is 4.39 Å². The third-order valence-corrected chi connectivity index (χ3v) is 4.16. The van der Waals surface area contributed by atoms with Crippen LogP contribution in [0.2, 0.25) is 0 Å². The number of carbonyl (C=O) groups excluding carboxylic acids is 1. The van der Waals surface area contributed by atoms with Gasteiger partial charge in [-0.2, -0.15) is 10.4 Å². The SMILES string of the molecule is Cc1cc(NC(=O)[C@@](C)(O)Cn2ncc3cc(F)ccc32)ccc1C#N. The first-order valence-corrected chi connectivity index (χ1v) is 7.96. The number of aromatic nitrogens is 2. The smallest absolute Gasteiger partial charge is 0.257 e. The second kappa shape index (κ2) is 6.58. The Labute approximate surface area is 149 Å². The van der Waals surface area contributed by atoms with Gasteiger partial charge in [0.25, 0.3) is 5.91 Å². The molecule has 0 aliphatic heterocycles. The van der Waals surface area contributed by atoms with E-state index >= 15 is 0 Å². The molecule has 0 saturated heterocycles. The van der Waals surface area contributed by atoms with Crippen LogP contribution in [-0.2, 0) is 11.3 Å². The average Bonchev–Trinajstić information content (AvgIpc) is 2.96. The van der Waals surface area contributed by atoms with Crippen LogP contribution in [0.3, 0.4) is 0 Å². The van der Waals surface area contributed by atoms with Crippen LogP contribution in [0.4, 0.5) is 10.1 Å². The number of nitriles is 1. The maximum absolute atomic E-state index is 13.3. The van der Waals surface area contributed by atoms with E-state index in [1.807, 2.05) is 0 Å². The van der Waals surface area contributed by atoms with Crippen molar-refractivity contribution in [2.45, 2.75) is 26.0 Å². The van der Waals surface area contributed by atoms with Crippen LogP contribution in [0.1, 0.15) is 18.1 Å². The van der Waals surface area contributed by atoms with Gasteiger partial charge >= 0.3 is 0 Å². The van der Waals surface area contributed by atoms with E-state index < -0.39 is 11.5 Å². The lowest BCUT2D eigenvalue weighted by Gasteiger charge is -2.23. The molecule has 1 amide bonds. The summed E-state index contributed by atoms with van der Waals surface area (Å²) >= 11 is 0. The molecule has 1 aromatic heterocycles. The Kier molecular flexibility index (Phi) is 4.45. The average molecular weight is 352 g/mol. The molecular formula is C19H17FN4O2. The topological polar surface area (TPSA) is 90.9 Å². The second-order valence-corrected chi connectivity index (χ2v) is 6.37. The summed E-state index contributed by atoms with van der Waals surface area (Å²) in [7, 11) is 0. The molecule has 0 fully saturated rings. The van der Waals surface area contributed by atoms with Crippen molar-refractivity contribution < 1.29 is 14.3 Å². The third kappa shape index (κ3) is 3.41. The molecule has 0 aliphatic rings. The number of fused-ring (bicyclic) bond motifs is 1.